The summed E-state index contributed by atoms with van der Waals surface area (Å²) in [6.45, 7) is 0.431. The lowest BCUT2D eigenvalue weighted by atomic mass is 10.1. The van der Waals surface area contributed by atoms with E-state index in [1.807, 2.05) is 12.1 Å². The molecule has 0 amide bonds. The number of benzene rings is 2. The first-order valence-corrected chi connectivity index (χ1v) is 19.4. The topological polar surface area (TPSA) is 255 Å². The molecule has 0 aliphatic heterocycles. The largest absolute Gasteiger partial charge is 0.478 e. The molecule has 0 radical (unpaired) electrons. The average molecular weight is 842 g/mol. The second-order valence-electron chi connectivity index (χ2n) is 11.6. The van der Waals surface area contributed by atoms with Crippen LogP contribution in [0, 0.1) is 34.3 Å². The van der Waals surface area contributed by atoms with E-state index < -0.39 is 43.6 Å². The number of hydrogen-bond acceptors (Lipinski definition) is 12. The number of carbonyl (C=O) groups is 3. The number of carbonyl (C=O) groups excluding carboxylic acids is 1. The number of aldehydes is 1. The van der Waals surface area contributed by atoms with Crippen molar-refractivity contribution < 1.29 is 50.2 Å². The quantitative estimate of drug-likeness (QED) is 0.117. The van der Waals surface area contributed by atoms with Crippen LogP contribution in [0.2, 0.25) is 0 Å². The summed E-state index contributed by atoms with van der Waals surface area (Å²) >= 11 is 0. The average Bonchev–Trinajstić information content (AvgIpc) is 3.87. The van der Waals surface area contributed by atoms with Crippen LogP contribution >= 0.6 is 0 Å². The third-order valence-corrected chi connectivity index (χ3v) is 11.0. The van der Waals surface area contributed by atoms with E-state index in [-0.39, 0.29) is 38.0 Å². The van der Waals surface area contributed by atoms with Gasteiger partial charge in [0.1, 0.15) is 35.2 Å². The van der Waals surface area contributed by atoms with Gasteiger partial charge in [0, 0.05) is 60.2 Å². The monoisotopic (exact) mass is 841 g/mol. The van der Waals surface area contributed by atoms with Crippen LogP contribution in [0.15, 0.2) is 132 Å². The molecule has 300 valence electrons. The highest BCUT2D eigenvalue weighted by Crippen LogP contribution is 2.30. The smallest absolute Gasteiger partial charge is 0.328 e. The molecule has 0 unspecified atom stereocenters. The van der Waals surface area contributed by atoms with Gasteiger partial charge in [-0.15, -0.1) is 0 Å². The van der Waals surface area contributed by atoms with E-state index >= 15 is 0 Å². The predicted molar refractivity (Wildman–Crippen MR) is 205 cm³/mol. The van der Waals surface area contributed by atoms with Crippen molar-refractivity contribution in [2.75, 3.05) is 7.05 Å². The Bertz CT molecular complexity index is 2860. The second-order valence-corrected chi connectivity index (χ2v) is 15.2. The minimum atomic E-state index is -4.17. The molecular weight excluding hydrogens is 813 g/mol. The molecule has 3 N–H and O–H groups in total. The van der Waals surface area contributed by atoms with Crippen molar-refractivity contribution in [2.24, 2.45) is 0 Å². The molecule has 0 aliphatic rings. The molecule has 16 nitrogen and oxygen atoms in total. The van der Waals surface area contributed by atoms with E-state index in [1.54, 1.807) is 31.3 Å². The summed E-state index contributed by atoms with van der Waals surface area (Å²) in [5, 5.41) is 37.1. The van der Waals surface area contributed by atoms with Crippen LogP contribution < -0.4 is 5.32 Å². The molecule has 0 spiro atoms. The van der Waals surface area contributed by atoms with E-state index in [9.17, 15) is 50.5 Å². The number of pyridine rings is 2. The lowest BCUT2D eigenvalue weighted by Gasteiger charge is -2.11. The fraction of sp³-hybridized carbons (Fsp3) is 0.0513. The van der Waals surface area contributed by atoms with E-state index in [0.29, 0.717) is 41.8 Å². The molecule has 0 bridgehead atoms. The summed E-state index contributed by atoms with van der Waals surface area (Å²) in [4.78, 5) is 37.7. The minimum Gasteiger partial charge on any atom is -0.478 e. The Morgan fingerprint density at radius 3 is 1.59 bits per heavy atom. The number of hydrogen-bond donors (Lipinski definition) is 3. The zero-order valence-electron chi connectivity index (χ0n) is 30.3. The molecule has 0 atom stereocenters. The summed E-state index contributed by atoms with van der Waals surface area (Å²) < 4.78 is 80.8. The van der Waals surface area contributed by atoms with E-state index in [4.69, 9.17) is 10.2 Å². The van der Waals surface area contributed by atoms with Crippen LogP contribution in [0.4, 0.5) is 8.78 Å². The van der Waals surface area contributed by atoms with Crippen molar-refractivity contribution >= 4 is 38.3 Å². The first kappa shape index (κ1) is 44.1. The highest BCUT2D eigenvalue weighted by molar-refractivity contribution is 7.90. The summed E-state index contributed by atoms with van der Waals surface area (Å²) in [5.74, 6) is -3.86. The van der Waals surface area contributed by atoms with Gasteiger partial charge in [-0.3, -0.25) is 4.79 Å². The van der Waals surface area contributed by atoms with Crippen LogP contribution in [0.1, 0.15) is 27.3 Å². The van der Waals surface area contributed by atoms with Gasteiger partial charge in [-0.1, -0.05) is 12.1 Å². The third kappa shape index (κ3) is 10.8. The molecule has 6 rings (SSSR count). The van der Waals surface area contributed by atoms with Crippen molar-refractivity contribution in [3.05, 3.63) is 156 Å². The highest BCUT2D eigenvalue weighted by Gasteiger charge is 2.25. The van der Waals surface area contributed by atoms with Crippen molar-refractivity contribution in [3.63, 3.8) is 0 Å². The lowest BCUT2D eigenvalue weighted by Crippen LogP contribution is -2.14. The van der Waals surface area contributed by atoms with E-state index in [2.05, 4.69) is 15.3 Å². The number of carboxylic acid groups (broad SMARTS) is 2. The third-order valence-electron chi connectivity index (χ3n) is 7.62. The molecule has 0 aliphatic carbocycles. The van der Waals surface area contributed by atoms with Gasteiger partial charge in [0.15, 0.2) is 6.29 Å². The Morgan fingerprint density at radius 1 is 0.729 bits per heavy atom. The number of nitriles is 2. The van der Waals surface area contributed by atoms with Crippen molar-refractivity contribution in [1.29, 1.82) is 10.5 Å². The number of aliphatic carboxylic acids is 2. The molecule has 0 fully saturated rings. The molecular formula is C39H29F2N7O9S2. The molecule has 59 heavy (non-hydrogen) atoms. The second kappa shape index (κ2) is 19.5. The zero-order valence-corrected chi connectivity index (χ0v) is 32.0. The van der Waals surface area contributed by atoms with Gasteiger partial charge < -0.3 is 15.5 Å². The van der Waals surface area contributed by atoms with Crippen LogP contribution in [-0.2, 0) is 36.2 Å². The minimum absolute atomic E-state index is 0.00809. The number of carboxylic acids is 2. The van der Waals surface area contributed by atoms with Crippen molar-refractivity contribution in [1.82, 2.24) is 23.2 Å². The number of nitrogens with zero attached hydrogens (tertiary/aromatic N) is 6. The maximum atomic E-state index is 13.5. The molecule has 20 heteroatoms. The van der Waals surface area contributed by atoms with Crippen LogP contribution in [0.25, 0.3) is 22.5 Å². The Hall–Kier alpha value is -7.65. The fourth-order valence-corrected chi connectivity index (χ4v) is 7.98. The summed E-state index contributed by atoms with van der Waals surface area (Å²) in [6, 6.07) is 22.5. The Kier molecular flexibility index (Phi) is 14.5. The Morgan fingerprint density at radius 2 is 1.19 bits per heavy atom. The van der Waals surface area contributed by atoms with Gasteiger partial charge in [-0.2, -0.15) is 10.5 Å². The fourth-order valence-electron chi connectivity index (χ4n) is 5.14. The standard InChI is InChI=1S/C18H15FN4O2S.C17H10FN3O3S.C4H4O4/c1-21-11-13-8-18(16-6-3-7-22-17(16)10-20)23(12-13)26(24,25)15-5-2-4-14(19)9-15;18-13-3-1-4-14(8-13)25(23,24)21-10-12(11-22)7-17(21)15-5-2-6-20-16(15)9-19;5-3(6)1-2-4(7)8/h2-9,12,21H,11H2,1H3;1-8,10-11H;1-2H,(H,5,6)(H,7,8). The van der Waals surface area contributed by atoms with Crippen molar-refractivity contribution in [2.45, 2.75) is 16.3 Å². The van der Waals surface area contributed by atoms with Gasteiger partial charge >= 0.3 is 11.9 Å². The summed E-state index contributed by atoms with van der Waals surface area (Å²) in [6.07, 6.45) is 7.05. The van der Waals surface area contributed by atoms with Crippen molar-refractivity contribution in [3.8, 4) is 34.7 Å². The number of rotatable bonds is 11. The van der Waals surface area contributed by atoms with Gasteiger partial charge in [0.2, 0.25) is 0 Å². The number of aromatic nitrogens is 4. The van der Waals surface area contributed by atoms with Gasteiger partial charge in [0.05, 0.1) is 21.2 Å². The normalized spacial score (nSPS) is 10.9. The SMILES string of the molecule is CNCc1cc(-c2cccnc2C#N)n(S(=O)(=O)c2cccc(F)c2)c1.N#Cc1ncccc1-c1cc(C=O)cn1S(=O)(=O)c1cccc(F)c1.O=C(O)C=CC(=O)O. The molecule has 0 saturated heterocycles. The molecule has 0 saturated carbocycles. The first-order valence-electron chi connectivity index (χ1n) is 16.5. The van der Waals surface area contributed by atoms with Crippen LogP contribution in [-0.4, -0.2) is 70.2 Å². The lowest BCUT2D eigenvalue weighted by molar-refractivity contribution is -0.134. The van der Waals surface area contributed by atoms with Gasteiger partial charge in [0.25, 0.3) is 20.0 Å². The predicted octanol–water partition coefficient (Wildman–Crippen LogP) is 4.84. The highest BCUT2D eigenvalue weighted by atomic mass is 32.2. The molecule has 2 aromatic carbocycles. The Labute approximate surface area is 335 Å². The molecule has 4 aromatic heterocycles. The maximum absolute atomic E-state index is 13.5. The van der Waals surface area contributed by atoms with E-state index in [1.165, 1.54) is 61.1 Å². The molecule has 6 aromatic rings. The molecule has 4 heterocycles. The van der Waals surface area contributed by atoms with Gasteiger partial charge in [-0.05, 0) is 85.4 Å². The zero-order chi connectivity index (χ0) is 43.3. The maximum Gasteiger partial charge on any atom is 0.328 e. The summed E-state index contributed by atoms with van der Waals surface area (Å²) in [7, 11) is -6.49. The summed E-state index contributed by atoms with van der Waals surface area (Å²) in [5.41, 5.74) is 1.94. The van der Waals surface area contributed by atoms with E-state index in [0.717, 1.165) is 32.3 Å². The van der Waals surface area contributed by atoms with Crippen LogP contribution in [0.3, 0.4) is 0 Å². The van der Waals surface area contributed by atoms with Gasteiger partial charge in [-0.25, -0.2) is 53.1 Å². The first-order chi connectivity index (χ1) is 28.1. The number of nitrogens with one attached hydrogen (secondary N) is 1. The number of halogens is 2. The Balaban J connectivity index is 0.000000221. The van der Waals surface area contributed by atoms with Crippen LogP contribution in [0.5, 0.6) is 0 Å².